The summed E-state index contributed by atoms with van der Waals surface area (Å²) in [7, 11) is 3.02. The first kappa shape index (κ1) is 30.9. The fraction of sp³-hybridized carbons (Fsp3) is 0.118. The Morgan fingerprint density at radius 2 is 1.78 bits per heavy atom. The van der Waals surface area contributed by atoms with Gasteiger partial charge in [0.05, 0.1) is 36.7 Å². The van der Waals surface area contributed by atoms with E-state index in [1.807, 2.05) is 37.3 Å². The zero-order chi connectivity index (χ0) is 32.4. The lowest BCUT2D eigenvalue weighted by Crippen LogP contribution is -2.21. The van der Waals surface area contributed by atoms with Gasteiger partial charge in [-0.05, 0) is 70.9 Å². The van der Waals surface area contributed by atoms with Gasteiger partial charge in [0.25, 0.3) is 11.5 Å². The Morgan fingerprint density at radius 3 is 2.57 bits per heavy atom. The fourth-order valence-corrected chi connectivity index (χ4v) is 5.51. The molecule has 0 saturated carbocycles. The van der Waals surface area contributed by atoms with Crippen LogP contribution in [0, 0.1) is 6.92 Å². The number of halogens is 2. The second kappa shape index (κ2) is 13.1. The highest BCUT2D eigenvalue weighted by Gasteiger charge is 2.20. The molecule has 6 rings (SSSR count). The molecule has 0 aliphatic carbocycles. The first-order valence-electron chi connectivity index (χ1n) is 14.0. The van der Waals surface area contributed by atoms with Crippen molar-refractivity contribution in [2.24, 2.45) is 5.10 Å². The summed E-state index contributed by atoms with van der Waals surface area (Å²) in [6, 6.07) is 23.2. The van der Waals surface area contributed by atoms with Crippen molar-refractivity contribution >= 4 is 67.2 Å². The zero-order valence-electron chi connectivity index (χ0n) is 24.8. The number of fused-ring (bicyclic) bond motifs is 2. The van der Waals surface area contributed by atoms with Crippen molar-refractivity contribution in [3.05, 3.63) is 110 Å². The average molecular weight is 702 g/mol. The molecule has 0 bridgehead atoms. The average Bonchev–Trinajstić information content (AvgIpc) is 3.51. The number of hydrogen-bond donors (Lipinski definition) is 1. The maximum Gasteiger partial charge on any atom is 0.282 e. The van der Waals surface area contributed by atoms with Crippen molar-refractivity contribution in [3.8, 4) is 28.8 Å². The number of aromatic nitrogens is 2. The van der Waals surface area contributed by atoms with Gasteiger partial charge in [-0.15, -0.1) is 0 Å². The van der Waals surface area contributed by atoms with Crippen molar-refractivity contribution in [2.45, 2.75) is 6.92 Å². The third kappa shape index (κ3) is 5.94. The predicted molar refractivity (Wildman–Crippen MR) is 182 cm³/mol. The SMILES string of the molecule is COc1cc(C=Nn2c(-c3cc4c(OC)cccc4o3)nc3ccccc3c2=O)c(Br)c(Cl)c1OCC(=O)Nc1ccccc1C. The van der Waals surface area contributed by atoms with Crippen molar-refractivity contribution in [3.63, 3.8) is 0 Å². The number of para-hydroxylation sites is 2. The summed E-state index contributed by atoms with van der Waals surface area (Å²) in [5.74, 6) is 1.18. The van der Waals surface area contributed by atoms with Crippen molar-refractivity contribution < 1.29 is 23.4 Å². The number of carbonyl (C=O) groups is 1. The Kier molecular flexibility index (Phi) is 8.78. The van der Waals surface area contributed by atoms with E-state index in [2.05, 4.69) is 26.3 Å². The largest absolute Gasteiger partial charge is 0.496 e. The number of carbonyl (C=O) groups excluding carboxylic acids is 1. The van der Waals surface area contributed by atoms with Crippen LogP contribution in [0.25, 0.3) is 33.5 Å². The third-order valence-corrected chi connectivity index (χ3v) is 8.61. The van der Waals surface area contributed by atoms with Crippen LogP contribution in [-0.4, -0.2) is 42.6 Å². The van der Waals surface area contributed by atoms with Crippen LogP contribution in [0.15, 0.2) is 97.6 Å². The van der Waals surface area contributed by atoms with Gasteiger partial charge in [-0.1, -0.05) is 48.0 Å². The van der Waals surface area contributed by atoms with E-state index in [0.29, 0.717) is 43.7 Å². The molecule has 6 aromatic rings. The Hall–Kier alpha value is -5.13. The van der Waals surface area contributed by atoms with Crippen LogP contribution in [0.3, 0.4) is 0 Å². The van der Waals surface area contributed by atoms with Crippen LogP contribution < -0.4 is 25.1 Å². The van der Waals surface area contributed by atoms with E-state index in [-0.39, 0.29) is 34.9 Å². The summed E-state index contributed by atoms with van der Waals surface area (Å²) in [5.41, 5.74) is 2.71. The van der Waals surface area contributed by atoms with E-state index in [0.717, 1.165) is 10.9 Å². The lowest BCUT2D eigenvalue weighted by molar-refractivity contribution is -0.118. The maximum absolute atomic E-state index is 13.7. The minimum atomic E-state index is -0.405. The first-order chi connectivity index (χ1) is 22.3. The van der Waals surface area contributed by atoms with Gasteiger partial charge in [0, 0.05) is 15.7 Å². The van der Waals surface area contributed by atoms with Gasteiger partial charge >= 0.3 is 0 Å². The van der Waals surface area contributed by atoms with Gasteiger partial charge in [-0.3, -0.25) is 9.59 Å². The van der Waals surface area contributed by atoms with Crippen molar-refractivity contribution in [1.82, 2.24) is 9.66 Å². The standard InChI is InChI=1S/C34H26BrClN4O6/c1-19-9-4-6-11-23(19)38-29(41)18-45-32-27(44-3)15-20(30(35)31(32)36)17-37-40-33(39-24-12-7-5-10-21(24)34(40)42)28-16-22-25(43-2)13-8-14-26(22)46-28/h4-17H,18H2,1-3H3,(H,38,41). The summed E-state index contributed by atoms with van der Waals surface area (Å²) in [6.45, 7) is 1.58. The number of aryl methyl sites for hydroxylation is 1. The van der Waals surface area contributed by atoms with E-state index in [9.17, 15) is 9.59 Å². The quantitative estimate of drug-likeness (QED) is 0.156. The molecule has 4 aromatic carbocycles. The van der Waals surface area contributed by atoms with Crippen LogP contribution in [0.5, 0.6) is 17.2 Å². The number of nitrogens with zero attached hydrogens (tertiary/aromatic N) is 3. The highest BCUT2D eigenvalue weighted by Crippen LogP contribution is 2.42. The van der Waals surface area contributed by atoms with Gasteiger partial charge < -0.3 is 23.9 Å². The molecule has 10 nitrogen and oxygen atoms in total. The van der Waals surface area contributed by atoms with Crippen molar-refractivity contribution in [2.75, 3.05) is 26.1 Å². The lowest BCUT2D eigenvalue weighted by atomic mass is 10.2. The van der Waals surface area contributed by atoms with Gasteiger partial charge in [0.1, 0.15) is 16.4 Å². The zero-order valence-corrected chi connectivity index (χ0v) is 27.2. The number of ether oxygens (including phenoxy) is 3. The number of amides is 1. The molecular formula is C34H26BrClN4O6. The maximum atomic E-state index is 13.7. The molecule has 0 spiro atoms. The molecule has 0 saturated heterocycles. The van der Waals surface area contributed by atoms with E-state index >= 15 is 0 Å². The monoisotopic (exact) mass is 700 g/mol. The molecule has 46 heavy (non-hydrogen) atoms. The second-order valence-corrected chi connectivity index (χ2v) is 11.2. The van der Waals surface area contributed by atoms with Gasteiger partial charge in [0.2, 0.25) is 5.82 Å². The Bertz CT molecular complexity index is 2210. The number of furan rings is 1. The van der Waals surface area contributed by atoms with Crippen LogP contribution >= 0.6 is 27.5 Å². The highest BCUT2D eigenvalue weighted by molar-refractivity contribution is 9.10. The number of rotatable bonds is 9. The molecule has 0 fully saturated rings. The summed E-state index contributed by atoms with van der Waals surface area (Å²) in [4.78, 5) is 31.1. The smallest absolute Gasteiger partial charge is 0.282 e. The molecular weight excluding hydrogens is 676 g/mol. The Labute approximate surface area is 276 Å². The van der Waals surface area contributed by atoms with Crippen molar-refractivity contribution in [1.29, 1.82) is 0 Å². The molecule has 0 radical (unpaired) electrons. The van der Waals surface area contributed by atoms with E-state index in [1.54, 1.807) is 55.6 Å². The highest BCUT2D eigenvalue weighted by atomic mass is 79.9. The molecule has 1 amide bonds. The van der Waals surface area contributed by atoms with Gasteiger partial charge in [-0.2, -0.15) is 9.78 Å². The topological polar surface area (TPSA) is 117 Å². The number of anilines is 1. The minimum absolute atomic E-state index is 0.151. The van der Waals surface area contributed by atoms with Crippen LogP contribution in [0.2, 0.25) is 5.02 Å². The van der Waals surface area contributed by atoms with Crippen LogP contribution in [0.1, 0.15) is 11.1 Å². The molecule has 232 valence electrons. The third-order valence-electron chi connectivity index (χ3n) is 7.17. The molecule has 2 heterocycles. The number of benzene rings is 4. The normalized spacial score (nSPS) is 11.3. The summed E-state index contributed by atoms with van der Waals surface area (Å²) in [6.07, 6.45) is 1.44. The minimum Gasteiger partial charge on any atom is -0.496 e. The van der Waals surface area contributed by atoms with Gasteiger partial charge in [0.15, 0.2) is 23.9 Å². The molecule has 12 heteroatoms. The van der Waals surface area contributed by atoms with Crippen LogP contribution in [0.4, 0.5) is 5.69 Å². The Balaban J connectivity index is 1.36. The first-order valence-corrected chi connectivity index (χ1v) is 15.1. The predicted octanol–water partition coefficient (Wildman–Crippen LogP) is 7.45. The van der Waals surface area contributed by atoms with E-state index in [1.165, 1.54) is 18.0 Å². The molecule has 1 N–H and O–H groups in total. The van der Waals surface area contributed by atoms with E-state index < -0.39 is 5.56 Å². The number of methoxy groups -OCH3 is 2. The molecule has 0 unspecified atom stereocenters. The molecule has 0 atom stereocenters. The summed E-state index contributed by atoms with van der Waals surface area (Å²) in [5, 5.41) is 8.60. The summed E-state index contributed by atoms with van der Waals surface area (Å²) >= 11 is 10.2. The molecule has 2 aromatic heterocycles. The Morgan fingerprint density at radius 1 is 1.02 bits per heavy atom. The van der Waals surface area contributed by atoms with E-state index in [4.69, 9.17) is 35.2 Å². The van der Waals surface area contributed by atoms with Crippen LogP contribution in [-0.2, 0) is 4.79 Å². The molecule has 0 aliphatic heterocycles. The lowest BCUT2D eigenvalue weighted by Gasteiger charge is -2.15. The van der Waals surface area contributed by atoms with Gasteiger partial charge in [-0.25, -0.2) is 4.98 Å². The summed E-state index contributed by atoms with van der Waals surface area (Å²) < 4.78 is 24.5. The fourth-order valence-electron chi connectivity index (χ4n) is 4.85. The number of nitrogens with one attached hydrogen (secondary N) is 1. The second-order valence-electron chi connectivity index (χ2n) is 10.1. The number of hydrogen-bond acceptors (Lipinski definition) is 8. The molecule has 0 aliphatic rings.